The van der Waals surface area contributed by atoms with Gasteiger partial charge in [0.1, 0.15) is 0 Å². The first kappa shape index (κ1) is 13.0. The number of hydrogen-bond donors (Lipinski definition) is 1. The molecule has 1 atom stereocenters. The molecule has 1 aromatic carbocycles. The fraction of sp³-hybridized carbons (Fsp3) is 0.417. The molecule has 1 unspecified atom stereocenters. The molecule has 1 amide bonds. The summed E-state index contributed by atoms with van der Waals surface area (Å²) in [5.74, 6) is -0.0347. The lowest BCUT2D eigenvalue weighted by atomic mass is 10.2. The highest BCUT2D eigenvalue weighted by Gasteiger charge is 2.30. The first-order valence-corrected chi connectivity index (χ1v) is 7.20. The molecule has 1 aromatic rings. The summed E-state index contributed by atoms with van der Waals surface area (Å²) in [5, 5.41) is 0. The van der Waals surface area contributed by atoms with Gasteiger partial charge in [-0.05, 0) is 18.6 Å². The minimum Gasteiger partial charge on any atom is -0.344 e. The van der Waals surface area contributed by atoms with Gasteiger partial charge in [-0.2, -0.15) is 0 Å². The van der Waals surface area contributed by atoms with Gasteiger partial charge in [0.25, 0.3) is 0 Å². The molecule has 0 aliphatic carbocycles. The Balaban J connectivity index is 2.19. The highest BCUT2D eigenvalue weighted by atomic mass is 32.2. The van der Waals surface area contributed by atoms with Crippen LogP contribution in [0.4, 0.5) is 0 Å². The molecule has 1 N–H and O–H groups in total. The summed E-state index contributed by atoms with van der Waals surface area (Å²) in [6.07, 6.45) is 0.224. The summed E-state index contributed by atoms with van der Waals surface area (Å²) in [5.41, 5.74) is 0.697. The van der Waals surface area contributed by atoms with E-state index < -0.39 is 10.0 Å². The van der Waals surface area contributed by atoms with Gasteiger partial charge in [-0.3, -0.25) is 4.79 Å². The first-order valence-electron chi connectivity index (χ1n) is 5.72. The van der Waals surface area contributed by atoms with E-state index >= 15 is 0 Å². The van der Waals surface area contributed by atoms with Crippen LogP contribution in [0.1, 0.15) is 12.0 Å². The number of carbonyl (C=O) groups is 1. The molecular weight excluding hydrogens is 252 g/mol. The van der Waals surface area contributed by atoms with Crippen molar-refractivity contribution >= 4 is 15.9 Å². The van der Waals surface area contributed by atoms with Gasteiger partial charge in [0.15, 0.2) is 0 Å². The Morgan fingerprint density at radius 2 is 2.00 bits per heavy atom. The number of likely N-dealkylation sites (N-methyl/N-ethyl adjacent to an activating group) is 1. The number of aryl methyl sites for hydroxylation is 1. The smallest absolute Gasteiger partial charge is 0.241 e. The van der Waals surface area contributed by atoms with E-state index in [0.29, 0.717) is 12.1 Å². The minimum absolute atomic E-state index is 0.0347. The van der Waals surface area contributed by atoms with Crippen LogP contribution in [0.5, 0.6) is 0 Å². The van der Waals surface area contributed by atoms with Gasteiger partial charge in [-0.15, -0.1) is 0 Å². The van der Waals surface area contributed by atoms with Crippen molar-refractivity contribution in [1.82, 2.24) is 9.62 Å². The lowest BCUT2D eigenvalue weighted by Gasteiger charge is -2.14. The van der Waals surface area contributed by atoms with E-state index in [9.17, 15) is 13.2 Å². The average Bonchev–Trinajstić information content (AvgIpc) is 2.57. The summed E-state index contributed by atoms with van der Waals surface area (Å²) in [7, 11) is -1.88. The normalized spacial score (nSPS) is 20.4. The molecule has 2 rings (SSSR count). The highest BCUT2D eigenvalue weighted by molar-refractivity contribution is 7.89. The zero-order valence-corrected chi connectivity index (χ0v) is 11.2. The minimum atomic E-state index is -3.55. The Hall–Kier alpha value is -1.40. The fourth-order valence-electron chi connectivity index (χ4n) is 2.08. The van der Waals surface area contributed by atoms with Gasteiger partial charge in [-0.1, -0.05) is 18.2 Å². The number of carbonyl (C=O) groups excluding carboxylic acids is 1. The predicted molar refractivity (Wildman–Crippen MR) is 67.5 cm³/mol. The van der Waals surface area contributed by atoms with E-state index in [0.717, 1.165) is 0 Å². The second-order valence-electron chi connectivity index (χ2n) is 4.56. The SMILES string of the molecule is Cc1ccccc1S(=O)(=O)NC1CC(=O)N(C)C1. The number of benzene rings is 1. The van der Waals surface area contributed by atoms with Crippen LogP contribution in [0.2, 0.25) is 0 Å². The molecule has 1 aliphatic heterocycles. The van der Waals surface area contributed by atoms with Crippen molar-refractivity contribution in [3.63, 3.8) is 0 Å². The van der Waals surface area contributed by atoms with Crippen molar-refractivity contribution < 1.29 is 13.2 Å². The fourth-order valence-corrected chi connectivity index (χ4v) is 3.56. The summed E-state index contributed by atoms with van der Waals surface area (Å²) < 4.78 is 26.9. The molecule has 0 radical (unpaired) electrons. The van der Waals surface area contributed by atoms with Crippen LogP contribution in [0.3, 0.4) is 0 Å². The monoisotopic (exact) mass is 268 g/mol. The average molecular weight is 268 g/mol. The van der Waals surface area contributed by atoms with Gasteiger partial charge in [0.05, 0.1) is 4.90 Å². The molecule has 1 aliphatic rings. The van der Waals surface area contributed by atoms with Crippen LogP contribution < -0.4 is 4.72 Å². The molecule has 1 fully saturated rings. The number of sulfonamides is 1. The molecule has 5 nitrogen and oxygen atoms in total. The molecule has 6 heteroatoms. The lowest BCUT2D eigenvalue weighted by molar-refractivity contribution is -0.126. The van der Waals surface area contributed by atoms with Gasteiger partial charge in [-0.25, -0.2) is 13.1 Å². The quantitative estimate of drug-likeness (QED) is 0.868. The summed E-state index contributed by atoms with van der Waals surface area (Å²) in [4.78, 5) is 13.2. The molecule has 1 heterocycles. The third-order valence-electron chi connectivity index (χ3n) is 3.05. The summed E-state index contributed by atoms with van der Waals surface area (Å²) in [6.45, 7) is 2.17. The second kappa shape index (κ2) is 4.70. The predicted octanol–water partition coefficient (Wildman–Crippen LogP) is 0.504. The van der Waals surface area contributed by atoms with Gasteiger partial charge in [0, 0.05) is 26.1 Å². The molecule has 18 heavy (non-hydrogen) atoms. The lowest BCUT2D eigenvalue weighted by Crippen LogP contribution is -2.36. The molecule has 0 saturated carbocycles. The van der Waals surface area contributed by atoms with Crippen LogP contribution in [0, 0.1) is 6.92 Å². The van der Waals surface area contributed by atoms with Gasteiger partial charge >= 0.3 is 0 Å². The Morgan fingerprint density at radius 1 is 1.33 bits per heavy atom. The van der Waals surface area contributed by atoms with Crippen LogP contribution in [0.15, 0.2) is 29.2 Å². The number of amides is 1. The molecule has 98 valence electrons. The number of nitrogens with zero attached hydrogens (tertiary/aromatic N) is 1. The Morgan fingerprint density at radius 3 is 2.56 bits per heavy atom. The highest BCUT2D eigenvalue weighted by Crippen LogP contribution is 2.17. The maximum atomic E-state index is 12.2. The van der Waals surface area contributed by atoms with Crippen LogP contribution in [-0.4, -0.2) is 38.9 Å². The zero-order chi connectivity index (χ0) is 13.3. The second-order valence-corrected chi connectivity index (χ2v) is 6.24. The number of likely N-dealkylation sites (tertiary alicyclic amines) is 1. The number of rotatable bonds is 3. The van der Waals surface area contributed by atoms with Crippen molar-refractivity contribution in [2.24, 2.45) is 0 Å². The maximum Gasteiger partial charge on any atom is 0.241 e. The van der Waals surface area contributed by atoms with E-state index in [1.165, 1.54) is 4.90 Å². The molecule has 0 bridgehead atoms. The van der Waals surface area contributed by atoms with E-state index in [-0.39, 0.29) is 23.3 Å². The molecular formula is C12H16N2O3S. The topological polar surface area (TPSA) is 66.5 Å². The largest absolute Gasteiger partial charge is 0.344 e. The van der Waals surface area contributed by atoms with Crippen molar-refractivity contribution in [1.29, 1.82) is 0 Å². The van der Waals surface area contributed by atoms with Gasteiger partial charge < -0.3 is 4.90 Å². The van der Waals surface area contributed by atoms with Crippen molar-refractivity contribution in [3.05, 3.63) is 29.8 Å². The van der Waals surface area contributed by atoms with Crippen molar-refractivity contribution in [2.45, 2.75) is 24.3 Å². The third kappa shape index (κ3) is 2.54. The van der Waals surface area contributed by atoms with Gasteiger partial charge in [0.2, 0.25) is 15.9 Å². The zero-order valence-electron chi connectivity index (χ0n) is 10.4. The van der Waals surface area contributed by atoms with E-state index in [1.54, 1.807) is 38.2 Å². The van der Waals surface area contributed by atoms with Crippen molar-refractivity contribution in [3.8, 4) is 0 Å². The molecule has 0 aromatic heterocycles. The van der Waals surface area contributed by atoms with Crippen LogP contribution >= 0.6 is 0 Å². The van der Waals surface area contributed by atoms with E-state index in [2.05, 4.69) is 4.72 Å². The molecule has 0 spiro atoms. The third-order valence-corrected chi connectivity index (χ3v) is 4.73. The number of hydrogen-bond acceptors (Lipinski definition) is 3. The Labute approximate surface area is 107 Å². The first-order chi connectivity index (χ1) is 8.40. The Kier molecular flexibility index (Phi) is 3.41. The maximum absolute atomic E-state index is 12.2. The van der Waals surface area contributed by atoms with Crippen LogP contribution in [0.25, 0.3) is 0 Å². The summed E-state index contributed by atoms with van der Waals surface area (Å²) >= 11 is 0. The summed E-state index contributed by atoms with van der Waals surface area (Å²) in [6, 6.07) is 6.46. The van der Waals surface area contributed by atoms with Crippen LogP contribution in [-0.2, 0) is 14.8 Å². The Bertz CT molecular complexity index is 568. The number of nitrogens with one attached hydrogen (secondary N) is 1. The van der Waals surface area contributed by atoms with E-state index in [4.69, 9.17) is 0 Å². The molecule has 1 saturated heterocycles. The standard InChI is InChI=1S/C12H16N2O3S/c1-9-5-3-4-6-11(9)18(16,17)13-10-7-12(15)14(2)8-10/h3-6,10,13H,7-8H2,1-2H3. The van der Waals surface area contributed by atoms with Crippen molar-refractivity contribution in [2.75, 3.05) is 13.6 Å². The van der Waals surface area contributed by atoms with E-state index in [1.807, 2.05) is 0 Å².